The first-order valence-corrected chi connectivity index (χ1v) is 6.99. The standard InChI is InChI=1S/C15H20N2O3/c1-2-10(15(19)20)9-17-14(18)12-5-6-13-11(8-12)4-3-7-16-13/h5-6,8,10,16H,2-4,7,9H2,1H3,(H,17,18)(H,19,20). The van der Waals surface area contributed by atoms with Gasteiger partial charge in [0.25, 0.3) is 5.91 Å². The van der Waals surface area contributed by atoms with Gasteiger partial charge in [0.1, 0.15) is 0 Å². The molecule has 5 heteroatoms. The molecule has 0 bridgehead atoms. The zero-order chi connectivity index (χ0) is 14.5. The molecule has 0 fully saturated rings. The summed E-state index contributed by atoms with van der Waals surface area (Å²) >= 11 is 0. The third kappa shape index (κ3) is 3.29. The lowest BCUT2D eigenvalue weighted by atomic mass is 10.0. The summed E-state index contributed by atoms with van der Waals surface area (Å²) in [6.07, 6.45) is 2.54. The van der Waals surface area contributed by atoms with E-state index in [2.05, 4.69) is 10.6 Å². The van der Waals surface area contributed by atoms with E-state index < -0.39 is 11.9 Å². The lowest BCUT2D eigenvalue weighted by Crippen LogP contribution is -2.32. The molecule has 1 aromatic rings. The molecule has 0 aliphatic carbocycles. The number of rotatable bonds is 5. The fourth-order valence-corrected chi connectivity index (χ4v) is 2.34. The quantitative estimate of drug-likeness (QED) is 0.767. The molecule has 0 spiro atoms. The van der Waals surface area contributed by atoms with Crippen molar-refractivity contribution < 1.29 is 14.7 Å². The zero-order valence-electron chi connectivity index (χ0n) is 11.6. The van der Waals surface area contributed by atoms with Gasteiger partial charge in [-0.25, -0.2) is 0 Å². The average Bonchev–Trinajstić information content (AvgIpc) is 2.46. The number of nitrogens with one attached hydrogen (secondary N) is 2. The number of hydrogen-bond donors (Lipinski definition) is 3. The number of fused-ring (bicyclic) bond motifs is 1. The van der Waals surface area contributed by atoms with Crippen LogP contribution < -0.4 is 10.6 Å². The Morgan fingerprint density at radius 2 is 2.25 bits per heavy atom. The molecule has 1 aliphatic heterocycles. The Kier molecular flexibility index (Phi) is 4.61. The van der Waals surface area contributed by atoms with Gasteiger partial charge >= 0.3 is 5.97 Å². The van der Waals surface area contributed by atoms with Gasteiger partial charge in [-0.1, -0.05) is 6.92 Å². The number of anilines is 1. The van der Waals surface area contributed by atoms with Crippen molar-refractivity contribution in [3.63, 3.8) is 0 Å². The van der Waals surface area contributed by atoms with Gasteiger partial charge in [-0.3, -0.25) is 9.59 Å². The van der Waals surface area contributed by atoms with Crippen molar-refractivity contribution in [2.45, 2.75) is 26.2 Å². The lowest BCUT2D eigenvalue weighted by molar-refractivity contribution is -0.141. The predicted octanol–water partition coefficient (Wildman–Crippen LogP) is 1.89. The van der Waals surface area contributed by atoms with Crippen molar-refractivity contribution in [3.8, 4) is 0 Å². The maximum atomic E-state index is 12.0. The SMILES string of the molecule is CCC(CNC(=O)c1ccc2c(c1)CCCN2)C(=O)O. The number of amides is 1. The molecule has 0 saturated heterocycles. The minimum atomic E-state index is -0.873. The van der Waals surface area contributed by atoms with E-state index in [0.29, 0.717) is 12.0 Å². The third-order valence-corrected chi connectivity index (χ3v) is 3.66. The van der Waals surface area contributed by atoms with E-state index in [1.807, 2.05) is 12.1 Å². The van der Waals surface area contributed by atoms with Crippen LogP contribution in [0.25, 0.3) is 0 Å². The van der Waals surface area contributed by atoms with Crippen LogP contribution >= 0.6 is 0 Å². The number of carboxylic acids is 1. The van der Waals surface area contributed by atoms with Crippen molar-refractivity contribution in [1.82, 2.24) is 5.32 Å². The van der Waals surface area contributed by atoms with Crippen LogP contribution in [0.4, 0.5) is 5.69 Å². The fraction of sp³-hybridized carbons (Fsp3) is 0.467. The minimum absolute atomic E-state index is 0.167. The van der Waals surface area contributed by atoms with Gasteiger partial charge < -0.3 is 15.7 Å². The number of carbonyl (C=O) groups is 2. The van der Waals surface area contributed by atoms with Gasteiger partial charge in [0.05, 0.1) is 5.92 Å². The Balaban J connectivity index is 2.00. The Morgan fingerprint density at radius 1 is 1.45 bits per heavy atom. The predicted molar refractivity (Wildman–Crippen MR) is 77.0 cm³/mol. The number of benzene rings is 1. The van der Waals surface area contributed by atoms with Gasteiger partial charge in [0.2, 0.25) is 0 Å². The number of hydrogen-bond acceptors (Lipinski definition) is 3. The molecular formula is C15H20N2O3. The molecule has 1 aliphatic rings. The number of carboxylic acid groups (broad SMARTS) is 1. The smallest absolute Gasteiger partial charge is 0.308 e. The summed E-state index contributed by atoms with van der Waals surface area (Å²) in [7, 11) is 0. The molecule has 108 valence electrons. The first kappa shape index (κ1) is 14.4. The summed E-state index contributed by atoms with van der Waals surface area (Å²) in [5, 5.41) is 14.9. The van der Waals surface area contributed by atoms with Gasteiger partial charge in [-0.15, -0.1) is 0 Å². The normalized spacial score (nSPS) is 14.8. The maximum absolute atomic E-state index is 12.0. The van der Waals surface area contributed by atoms with Gasteiger partial charge in [0.15, 0.2) is 0 Å². The van der Waals surface area contributed by atoms with Gasteiger partial charge in [-0.2, -0.15) is 0 Å². The highest BCUT2D eigenvalue weighted by molar-refractivity contribution is 5.95. The molecule has 0 radical (unpaired) electrons. The monoisotopic (exact) mass is 276 g/mol. The van der Waals surface area contributed by atoms with E-state index in [-0.39, 0.29) is 12.5 Å². The summed E-state index contributed by atoms with van der Waals surface area (Å²) in [6.45, 7) is 2.94. The molecule has 1 aromatic carbocycles. The van der Waals surface area contributed by atoms with E-state index in [1.165, 1.54) is 0 Å². The average molecular weight is 276 g/mol. The Bertz CT molecular complexity index is 514. The van der Waals surface area contributed by atoms with Gasteiger partial charge in [-0.05, 0) is 43.0 Å². The van der Waals surface area contributed by atoms with E-state index in [0.717, 1.165) is 30.6 Å². The summed E-state index contributed by atoms with van der Waals surface area (Å²) in [5.74, 6) is -1.61. The molecular weight excluding hydrogens is 256 g/mol. The third-order valence-electron chi connectivity index (χ3n) is 3.66. The van der Waals surface area contributed by atoms with Crippen molar-refractivity contribution in [2.75, 3.05) is 18.4 Å². The molecule has 1 amide bonds. The maximum Gasteiger partial charge on any atom is 0.308 e. The molecule has 1 atom stereocenters. The summed E-state index contributed by atoms with van der Waals surface area (Å²) < 4.78 is 0. The van der Waals surface area contributed by atoms with E-state index in [4.69, 9.17) is 5.11 Å². The van der Waals surface area contributed by atoms with Crippen molar-refractivity contribution in [3.05, 3.63) is 29.3 Å². The Morgan fingerprint density at radius 3 is 2.95 bits per heavy atom. The van der Waals surface area contributed by atoms with Crippen LogP contribution in [-0.4, -0.2) is 30.1 Å². The van der Waals surface area contributed by atoms with Crippen LogP contribution in [0.2, 0.25) is 0 Å². The van der Waals surface area contributed by atoms with Crippen LogP contribution in [0.3, 0.4) is 0 Å². The molecule has 5 nitrogen and oxygen atoms in total. The topological polar surface area (TPSA) is 78.4 Å². The van der Waals surface area contributed by atoms with Crippen molar-refractivity contribution >= 4 is 17.6 Å². The highest BCUT2D eigenvalue weighted by Gasteiger charge is 2.17. The highest BCUT2D eigenvalue weighted by atomic mass is 16.4. The second-order valence-electron chi connectivity index (χ2n) is 5.06. The highest BCUT2D eigenvalue weighted by Crippen LogP contribution is 2.22. The van der Waals surface area contributed by atoms with Crippen molar-refractivity contribution in [2.24, 2.45) is 5.92 Å². The molecule has 1 heterocycles. The van der Waals surface area contributed by atoms with Gasteiger partial charge in [0, 0.05) is 24.3 Å². The molecule has 0 aromatic heterocycles. The molecule has 20 heavy (non-hydrogen) atoms. The van der Waals surface area contributed by atoms with E-state index in [9.17, 15) is 9.59 Å². The number of aryl methyl sites for hydroxylation is 1. The molecule has 1 unspecified atom stereocenters. The van der Waals surface area contributed by atoms with Crippen LogP contribution in [0.15, 0.2) is 18.2 Å². The Labute approximate surface area is 118 Å². The van der Waals surface area contributed by atoms with Crippen LogP contribution in [-0.2, 0) is 11.2 Å². The summed E-state index contributed by atoms with van der Waals surface area (Å²) in [4.78, 5) is 23.0. The first-order valence-electron chi connectivity index (χ1n) is 6.99. The zero-order valence-corrected chi connectivity index (χ0v) is 11.6. The number of carbonyl (C=O) groups excluding carboxylic acids is 1. The minimum Gasteiger partial charge on any atom is -0.481 e. The molecule has 0 saturated carbocycles. The second-order valence-corrected chi connectivity index (χ2v) is 5.06. The van der Waals surface area contributed by atoms with Crippen LogP contribution in [0.1, 0.15) is 35.7 Å². The van der Waals surface area contributed by atoms with Crippen LogP contribution in [0, 0.1) is 5.92 Å². The second kappa shape index (κ2) is 6.41. The fourth-order valence-electron chi connectivity index (χ4n) is 2.34. The number of aliphatic carboxylic acids is 1. The summed E-state index contributed by atoms with van der Waals surface area (Å²) in [6, 6.07) is 5.57. The van der Waals surface area contributed by atoms with Crippen molar-refractivity contribution in [1.29, 1.82) is 0 Å². The Hall–Kier alpha value is -2.04. The molecule has 3 N–H and O–H groups in total. The largest absolute Gasteiger partial charge is 0.481 e. The van der Waals surface area contributed by atoms with E-state index in [1.54, 1.807) is 13.0 Å². The first-order chi connectivity index (χ1) is 9.61. The summed E-state index contributed by atoms with van der Waals surface area (Å²) in [5.41, 5.74) is 2.83. The lowest BCUT2D eigenvalue weighted by Gasteiger charge is -2.18. The van der Waals surface area contributed by atoms with Crippen LogP contribution in [0.5, 0.6) is 0 Å². The molecule has 2 rings (SSSR count). The van der Waals surface area contributed by atoms with E-state index >= 15 is 0 Å².